The Bertz CT molecular complexity index is 591. The van der Waals surface area contributed by atoms with Crippen molar-refractivity contribution < 1.29 is 9.90 Å². The first kappa shape index (κ1) is 17.9. The van der Waals surface area contributed by atoms with E-state index in [9.17, 15) is 4.79 Å². The summed E-state index contributed by atoms with van der Waals surface area (Å²) in [5.41, 5.74) is 0. The van der Waals surface area contributed by atoms with Crippen molar-refractivity contribution in [2.45, 2.75) is 39.2 Å². The van der Waals surface area contributed by atoms with Crippen LogP contribution in [0.25, 0.3) is 0 Å². The van der Waals surface area contributed by atoms with Crippen LogP contribution in [0.4, 0.5) is 11.6 Å². The van der Waals surface area contributed by atoms with E-state index in [-0.39, 0.29) is 24.5 Å². The number of hydrogen-bond donors (Lipinski definition) is 3. The van der Waals surface area contributed by atoms with Crippen LogP contribution in [-0.4, -0.2) is 53.3 Å². The lowest BCUT2D eigenvalue weighted by atomic mass is 9.84. The zero-order valence-electron chi connectivity index (χ0n) is 15.1. The number of nitrogens with one attached hydrogen (secondary N) is 2. The van der Waals surface area contributed by atoms with Gasteiger partial charge in [0.05, 0.1) is 12.6 Å². The molecule has 138 valence electrons. The van der Waals surface area contributed by atoms with Gasteiger partial charge >= 0.3 is 0 Å². The van der Waals surface area contributed by atoms with Gasteiger partial charge in [-0.25, -0.2) is 9.97 Å². The lowest BCUT2D eigenvalue weighted by Crippen LogP contribution is -2.46. The lowest BCUT2D eigenvalue weighted by Gasteiger charge is -2.28. The summed E-state index contributed by atoms with van der Waals surface area (Å²) in [6.07, 6.45) is 4.77. The van der Waals surface area contributed by atoms with Crippen LogP contribution in [0, 0.1) is 17.8 Å². The maximum Gasteiger partial charge on any atom is 0.223 e. The highest BCUT2D eigenvalue weighted by Crippen LogP contribution is 2.30. The first-order valence-electron chi connectivity index (χ1n) is 9.30. The van der Waals surface area contributed by atoms with Gasteiger partial charge in [0, 0.05) is 37.5 Å². The minimum absolute atomic E-state index is 0.0632. The summed E-state index contributed by atoms with van der Waals surface area (Å²) in [6.45, 7) is 6.61. The Kier molecular flexibility index (Phi) is 5.73. The molecular weight excluding hydrogens is 318 g/mol. The molecule has 0 unspecified atom stereocenters. The molecule has 1 aromatic heterocycles. The van der Waals surface area contributed by atoms with Crippen molar-refractivity contribution in [3.8, 4) is 0 Å². The maximum atomic E-state index is 12.4. The van der Waals surface area contributed by atoms with E-state index in [1.54, 1.807) is 6.33 Å². The maximum absolute atomic E-state index is 12.4. The first-order chi connectivity index (χ1) is 12.1. The number of hydrogen-bond acceptors (Lipinski definition) is 6. The summed E-state index contributed by atoms with van der Waals surface area (Å²) in [7, 11) is 0. The fourth-order valence-electron chi connectivity index (χ4n) is 3.62. The molecule has 1 aliphatic heterocycles. The van der Waals surface area contributed by atoms with Crippen LogP contribution < -0.4 is 15.5 Å². The summed E-state index contributed by atoms with van der Waals surface area (Å²) >= 11 is 0. The van der Waals surface area contributed by atoms with Crippen molar-refractivity contribution >= 4 is 17.5 Å². The van der Waals surface area contributed by atoms with Crippen molar-refractivity contribution in [1.29, 1.82) is 0 Å². The largest absolute Gasteiger partial charge is 0.395 e. The Labute approximate surface area is 149 Å². The molecule has 3 N–H and O–H groups in total. The third-order valence-electron chi connectivity index (χ3n) is 5.42. The number of rotatable bonds is 7. The highest BCUT2D eigenvalue weighted by molar-refractivity contribution is 5.79. The Morgan fingerprint density at radius 3 is 2.80 bits per heavy atom. The van der Waals surface area contributed by atoms with Crippen LogP contribution in [0.2, 0.25) is 0 Å². The van der Waals surface area contributed by atoms with Crippen molar-refractivity contribution in [3.05, 3.63) is 12.4 Å². The van der Waals surface area contributed by atoms with Crippen LogP contribution in [0.15, 0.2) is 12.4 Å². The fourth-order valence-corrected chi connectivity index (χ4v) is 3.62. The van der Waals surface area contributed by atoms with E-state index in [0.29, 0.717) is 24.2 Å². The number of amides is 1. The average molecular weight is 347 g/mol. The number of anilines is 2. The number of carbonyl (C=O) groups is 1. The summed E-state index contributed by atoms with van der Waals surface area (Å²) < 4.78 is 0. The smallest absolute Gasteiger partial charge is 0.223 e. The van der Waals surface area contributed by atoms with Crippen molar-refractivity contribution in [1.82, 2.24) is 15.3 Å². The second-order valence-corrected chi connectivity index (χ2v) is 7.47. The molecule has 2 heterocycles. The normalized spacial score (nSPS) is 23.6. The molecule has 3 rings (SSSR count). The Morgan fingerprint density at radius 1 is 1.36 bits per heavy atom. The molecule has 2 aliphatic rings. The van der Waals surface area contributed by atoms with E-state index >= 15 is 0 Å². The average Bonchev–Trinajstić information content (AvgIpc) is 2.95. The molecule has 1 saturated carbocycles. The number of nitrogens with zero attached hydrogens (tertiary/aromatic N) is 3. The van der Waals surface area contributed by atoms with Crippen LogP contribution in [-0.2, 0) is 4.79 Å². The topological polar surface area (TPSA) is 90.4 Å². The molecule has 1 saturated heterocycles. The quantitative estimate of drug-likeness (QED) is 0.688. The first-order valence-corrected chi connectivity index (χ1v) is 9.30. The van der Waals surface area contributed by atoms with Gasteiger partial charge in [0.25, 0.3) is 0 Å². The van der Waals surface area contributed by atoms with Crippen LogP contribution in [0.5, 0.6) is 0 Å². The number of carbonyl (C=O) groups excluding carboxylic acids is 1. The van der Waals surface area contributed by atoms with Gasteiger partial charge in [-0.15, -0.1) is 0 Å². The summed E-state index contributed by atoms with van der Waals surface area (Å²) in [4.78, 5) is 23.2. The molecule has 0 aromatic carbocycles. The van der Waals surface area contributed by atoms with E-state index in [1.165, 1.54) is 6.42 Å². The summed E-state index contributed by atoms with van der Waals surface area (Å²) in [6, 6.07) is 2.07. The molecular formula is C18H29N5O2. The third kappa shape index (κ3) is 4.21. The third-order valence-corrected chi connectivity index (χ3v) is 5.42. The van der Waals surface area contributed by atoms with Crippen molar-refractivity contribution in [2.24, 2.45) is 17.8 Å². The highest BCUT2D eigenvalue weighted by Gasteiger charge is 2.38. The molecule has 7 nitrogen and oxygen atoms in total. The van der Waals surface area contributed by atoms with Crippen molar-refractivity contribution in [3.63, 3.8) is 0 Å². The predicted octanol–water partition coefficient (Wildman–Crippen LogP) is 1.26. The molecule has 0 spiro atoms. The second kappa shape index (κ2) is 7.99. The zero-order valence-corrected chi connectivity index (χ0v) is 15.1. The van der Waals surface area contributed by atoms with Gasteiger partial charge in [0.1, 0.15) is 18.0 Å². The van der Waals surface area contributed by atoms with Gasteiger partial charge in [-0.05, 0) is 18.8 Å². The van der Waals surface area contributed by atoms with Crippen LogP contribution >= 0.6 is 0 Å². The van der Waals surface area contributed by atoms with Gasteiger partial charge < -0.3 is 20.6 Å². The van der Waals surface area contributed by atoms with Gasteiger partial charge in [0.2, 0.25) is 5.91 Å². The molecule has 7 heteroatoms. The zero-order chi connectivity index (χ0) is 17.8. The van der Waals surface area contributed by atoms with Gasteiger partial charge in [-0.3, -0.25) is 4.79 Å². The van der Waals surface area contributed by atoms with Crippen LogP contribution in [0.3, 0.4) is 0 Å². The van der Waals surface area contributed by atoms with E-state index in [0.717, 1.165) is 31.7 Å². The second-order valence-electron chi connectivity index (χ2n) is 7.47. The number of aliphatic hydroxyl groups is 1. The minimum Gasteiger partial charge on any atom is -0.395 e. The van der Waals surface area contributed by atoms with Gasteiger partial charge in [-0.2, -0.15) is 0 Å². The van der Waals surface area contributed by atoms with Gasteiger partial charge in [-0.1, -0.05) is 20.3 Å². The lowest BCUT2D eigenvalue weighted by molar-refractivity contribution is -0.128. The molecule has 0 radical (unpaired) electrons. The summed E-state index contributed by atoms with van der Waals surface area (Å²) in [5, 5.41) is 15.3. The fraction of sp³-hybridized carbons (Fsp3) is 0.722. The van der Waals surface area contributed by atoms with E-state index in [2.05, 4.69) is 39.3 Å². The van der Waals surface area contributed by atoms with E-state index < -0.39 is 0 Å². The monoisotopic (exact) mass is 347 g/mol. The number of aliphatic hydroxyl groups excluding tert-OH is 1. The van der Waals surface area contributed by atoms with E-state index in [4.69, 9.17) is 5.11 Å². The standard InChI is InChI=1S/C18H29N5O2/c1-12(2)14-9-23(10-15(14)22-18(25)13-4-3-5-13)17-8-16(19-6-7-24)20-11-21-17/h8,11-15,24H,3-7,9-10H2,1-2H3,(H,22,25)(H,19,20,21)/t14-,15+/m1/s1. The molecule has 1 amide bonds. The highest BCUT2D eigenvalue weighted by atomic mass is 16.3. The van der Waals surface area contributed by atoms with Crippen molar-refractivity contribution in [2.75, 3.05) is 36.5 Å². The molecule has 0 bridgehead atoms. The Hall–Kier alpha value is -1.89. The summed E-state index contributed by atoms with van der Waals surface area (Å²) in [5.74, 6) is 2.91. The molecule has 2 fully saturated rings. The molecule has 25 heavy (non-hydrogen) atoms. The molecule has 2 atom stereocenters. The molecule has 1 aromatic rings. The Balaban J connectivity index is 1.67. The molecule has 1 aliphatic carbocycles. The van der Waals surface area contributed by atoms with Crippen LogP contribution in [0.1, 0.15) is 33.1 Å². The predicted molar refractivity (Wildman–Crippen MR) is 97.4 cm³/mol. The minimum atomic E-state index is 0.0632. The van der Waals surface area contributed by atoms with Gasteiger partial charge in [0.15, 0.2) is 0 Å². The number of aromatic nitrogens is 2. The van der Waals surface area contributed by atoms with E-state index in [1.807, 2.05) is 6.07 Å². The Morgan fingerprint density at radius 2 is 2.16 bits per heavy atom. The SMILES string of the molecule is CC(C)[C@H]1CN(c2cc(NCCO)ncn2)C[C@@H]1NC(=O)C1CCC1.